The van der Waals surface area contributed by atoms with Crippen molar-refractivity contribution in [2.45, 2.75) is 44.3 Å². The number of anilines is 1. The van der Waals surface area contributed by atoms with Crippen LogP contribution in [0.1, 0.15) is 54.1 Å². The van der Waals surface area contributed by atoms with E-state index in [-0.39, 0.29) is 28.3 Å². The van der Waals surface area contributed by atoms with E-state index in [9.17, 15) is 31.5 Å². The molecule has 1 N–H and O–H groups in total. The number of benzene rings is 3. The number of halogens is 6. The van der Waals surface area contributed by atoms with Crippen LogP contribution >= 0.6 is 11.6 Å². The molecular weight excluding hydrogens is 581 g/mol. The van der Waals surface area contributed by atoms with E-state index in [1.807, 2.05) is 0 Å². The van der Waals surface area contributed by atoms with Crippen LogP contribution in [0.15, 0.2) is 54.6 Å². The lowest BCUT2D eigenvalue weighted by atomic mass is 9.83. The molecule has 1 heterocycles. The Balaban J connectivity index is 1.68. The summed E-state index contributed by atoms with van der Waals surface area (Å²) in [4.78, 5) is 30.5. The zero-order valence-electron chi connectivity index (χ0n) is 22.3. The molecule has 5 rings (SSSR count). The van der Waals surface area contributed by atoms with E-state index >= 15 is 0 Å². The predicted molar refractivity (Wildman–Crippen MR) is 147 cm³/mol. The van der Waals surface area contributed by atoms with Crippen LogP contribution in [-0.4, -0.2) is 28.5 Å². The number of methoxy groups -OCH3 is 1. The molecule has 12 heteroatoms. The van der Waals surface area contributed by atoms with Gasteiger partial charge < -0.3 is 14.6 Å². The molecule has 0 saturated heterocycles. The van der Waals surface area contributed by atoms with E-state index in [2.05, 4.69) is 15.0 Å². The number of carbonyl (C=O) groups excluding carboxylic acids is 2. The summed E-state index contributed by atoms with van der Waals surface area (Å²) < 4.78 is 77.1. The quantitative estimate of drug-likeness (QED) is 0.178. The second kappa shape index (κ2) is 11.7. The second-order valence-electron chi connectivity index (χ2n) is 10.1. The maximum absolute atomic E-state index is 14.6. The molecule has 0 radical (unpaired) electrons. The molecule has 0 aliphatic heterocycles. The lowest BCUT2D eigenvalue weighted by Gasteiger charge is -2.32. The third-order valence-electron chi connectivity index (χ3n) is 7.48. The first-order chi connectivity index (χ1) is 20.0. The third-order valence-corrected chi connectivity index (χ3v) is 7.73. The molecule has 0 spiro atoms. The van der Waals surface area contributed by atoms with Crippen LogP contribution < -0.4 is 5.32 Å². The molecule has 1 saturated carbocycles. The van der Waals surface area contributed by atoms with Gasteiger partial charge in [0, 0.05) is 22.7 Å². The summed E-state index contributed by atoms with van der Waals surface area (Å²) in [7, 11) is 1.04. The number of amides is 1. The molecule has 1 amide bonds. The second-order valence-corrected chi connectivity index (χ2v) is 10.6. The summed E-state index contributed by atoms with van der Waals surface area (Å²) in [5, 5.41) is 2.84. The predicted octanol–water partition coefficient (Wildman–Crippen LogP) is 8.20. The molecule has 1 unspecified atom stereocenters. The number of hydrogen-bond acceptors (Lipinski definition) is 4. The summed E-state index contributed by atoms with van der Waals surface area (Å²) in [6.07, 6.45) is -1.27. The molecule has 42 heavy (non-hydrogen) atoms. The van der Waals surface area contributed by atoms with Gasteiger partial charge in [-0.05, 0) is 61.2 Å². The van der Waals surface area contributed by atoms with E-state index in [1.54, 1.807) is 24.3 Å². The molecule has 0 bridgehead atoms. The Bertz CT molecular complexity index is 1650. The fourth-order valence-corrected chi connectivity index (χ4v) is 5.63. The number of nitrogens with one attached hydrogen (secondary N) is 1. The number of alkyl halides is 3. The van der Waals surface area contributed by atoms with Crippen LogP contribution in [0.5, 0.6) is 0 Å². The summed E-state index contributed by atoms with van der Waals surface area (Å²) in [6, 6.07) is 9.91. The van der Waals surface area contributed by atoms with Crippen molar-refractivity contribution >= 4 is 40.2 Å². The smallest absolute Gasteiger partial charge is 0.418 e. The van der Waals surface area contributed by atoms with Gasteiger partial charge in [0.05, 0.1) is 35.0 Å². The first-order valence-electron chi connectivity index (χ1n) is 13.2. The largest absolute Gasteiger partial charge is 0.465 e. The van der Waals surface area contributed by atoms with Crippen molar-refractivity contribution in [3.8, 4) is 11.4 Å². The van der Waals surface area contributed by atoms with Gasteiger partial charge in [-0.25, -0.2) is 18.6 Å². The van der Waals surface area contributed by atoms with Crippen molar-refractivity contribution in [2.75, 3.05) is 12.4 Å². The summed E-state index contributed by atoms with van der Waals surface area (Å²) in [6.45, 7) is 0. The fraction of sp³-hybridized carbons (Fsp3) is 0.300. The molecule has 1 aliphatic rings. The summed E-state index contributed by atoms with van der Waals surface area (Å²) >= 11 is 6.06. The van der Waals surface area contributed by atoms with Crippen LogP contribution in [0.2, 0.25) is 5.02 Å². The number of aromatic nitrogens is 2. The zero-order chi connectivity index (χ0) is 30.2. The maximum Gasteiger partial charge on any atom is 0.418 e. The maximum atomic E-state index is 14.6. The molecular formula is C30H25ClF5N3O3. The van der Waals surface area contributed by atoms with Crippen molar-refractivity contribution in [3.05, 3.63) is 82.4 Å². The van der Waals surface area contributed by atoms with Crippen molar-refractivity contribution < 1.29 is 36.3 Å². The first kappa shape index (κ1) is 29.5. The standard InChI is InChI=1S/C30H25ClF5N3O3/c1-42-29(41)18-9-12-23(20(13-18)30(34,35)36)38-28(40)26(16-5-3-2-4-6-16)39-25-15-22(33)21(32)14-24(25)37-27(39)17-7-10-19(31)11-8-17/h7-16,26H,2-6H2,1H3,(H,38,40). The molecule has 1 aliphatic carbocycles. The van der Waals surface area contributed by atoms with Gasteiger partial charge in [0.25, 0.3) is 0 Å². The van der Waals surface area contributed by atoms with Gasteiger partial charge in [0.15, 0.2) is 11.6 Å². The Morgan fingerprint density at radius 3 is 2.31 bits per heavy atom. The van der Waals surface area contributed by atoms with Crippen LogP contribution in [0.4, 0.5) is 27.6 Å². The Morgan fingerprint density at radius 1 is 1.00 bits per heavy atom. The number of esters is 1. The van der Waals surface area contributed by atoms with Gasteiger partial charge in [-0.1, -0.05) is 30.9 Å². The number of carbonyl (C=O) groups is 2. The minimum atomic E-state index is -4.91. The zero-order valence-corrected chi connectivity index (χ0v) is 23.0. The number of imidazole rings is 1. The van der Waals surface area contributed by atoms with E-state index < -0.39 is 47.0 Å². The lowest BCUT2D eigenvalue weighted by Crippen LogP contribution is -2.34. The van der Waals surface area contributed by atoms with E-state index in [1.165, 1.54) is 4.57 Å². The third kappa shape index (κ3) is 5.83. The number of rotatable bonds is 6. The molecule has 220 valence electrons. The van der Waals surface area contributed by atoms with Crippen molar-refractivity contribution in [1.29, 1.82) is 0 Å². The number of nitrogens with zero attached hydrogens (tertiary/aromatic N) is 2. The van der Waals surface area contributed by atoms with Gasteiger partial charge in [0.1, 0.15) is 11.9 Å². The van der Waals surface area contributed by atoms with Gasteiger partial charge in [-0.3, -0.25) is 4.79 Å². The van der Waals surface area contributed by atoms with Crippen LogP contribution in [0.25, 0.3) is 22.4 Å². The van der Waals surface area contributed by atoms with Crippen molar-refractivity contribution in [1.82, 2.24) is 9.55 Å². The average molecular weight is 606 g/mol. The topological polar surface area (TPSA) is 73.2 Å². The summed E-state index contributed by atoms with van der Waals surface area (Å²) in [5.74, 6) is -4.20. The van der Waals surface area contributed by atoms with Crippen LogP contribution in [0, 0.1) is 17.6 Å². The van der Waals surface area contributed by atoms with Gasteiger partial charge in [0.2, 0.25) is 5.91 Å². The highest BCUT2D eigenvalue weighted by Crippen LogP contribution is 2.41. The van der Waals surface area contributed by atoms with E-state index in [0.717, 1.165) is 50.6 Å². The average Bonchev–Trinajstić information content (AvgIpc) is 3.31. The summed E-state index contributed by atoms with van der Waals surface area (Å²) in [5.41, 5.74) is -1.45. The number of fused-ring (bicyclic) bond motifs is 1. The van der Waals surface area contributed by atoms with Crippen LogP contribution in [-0.2, 0) is 15.7 Å². The Labute approximate surface area is 242 Å². The number of ether oxygens (including phenoxy) is 1. The Morgan fingerprint density at radius 2 is 1.67 bits per heavy atom. The van der Waals surface area contributed by atoms with Gasteiger partial charge >= 0.3 is 12.1 Å². The Hall–Kier alpha value is -3.99. The minimum Gasteiger partial charge on any atom is -0.465 e. The molecule has 1 aromatic heterocycles. The van der Waals surface area contributed by atoms with Gasteiger partial charge in [-0.15, -0.1) is 0 Å². The Kier molecular flexibility index (Phi) is 8.23. The van der Waals surface area contributed by atoms with Crippen LogP contribution in [0.3, 0.4) is 0 Å². The van der Waals surface area contributed by atoms with Crippen molar-refractivity contribution in [2.24, 2.45) is 5.92 Å². The minimum absolute atomic E-state index is 0.0749. The molecule has 6 nitrogen and oxygen atoms in total. The highest BCUT2D eigenvalue weighted by atomic mass is 35.5. The highest BCUT2D eigenvalue weighted by Gasteiger charge is 2.38. The highest BCUT2D eigenvalue weighted by molar-refractivity contribution is 6.30. The molecule has 4 aromatic rings. The van der Waals surface area contributed by atoms with E-state index in [4.69, 9.17) is 11.6 Å². The fourth-order valence-electron chi connectivity index (χ4n) is 5.51. The molecule has 1 fully saturated rings. The van der Waals surface area contributed by atoms with Crippen molar-refractivity contribution in [3.63, 3.8) is 0 Å². The first-order valence-corrected chi connectivity index (χ1v) is 13.6. The molecule has 1 atom stereocenters. The molecule has 3 aromatic carbocycles. The van der Waals surface area contributed by atoms with Gasteiger partial charge in [-0.2, -0.15) is 13.2 Å². The van der Waals surface area contributed by atoms with E-state index in [0.29, 0.717) is 29.5 Å². The number of hydrogen-bond donors (Lipinski definition) is 1. The lowest BCUT2D eigenvalue weighted by molar-refractivity contribution is -0.137. The normalized spacial score (nSPS) is 15.0. The SMILES string of the molecule is COC(=O)c1ccc(NC(=O)C(C2CCCCC2)n2c(-c3ccc(Cl)cc3)nc3cc(F)c(F)cc32)c(C(F)(F)F)c1. The monoisotopic (exact) mass is 605 g/mol.